The van der Waals surface area contributed by atoms with Crippen molar-refractivity contribution in [2.24, 2.45) is 0 Å². The summed E-state index contributed by atoms with van der Waals surface area (Å²) in [5.74, 6) is 0.249. The predicted octanol–water partition coefficient (Wildman–Crippen LogP) is 6.55. The molecule has 1 heterocycles. The number of hydrogen-bond donors (Lipinski definition) is 0. The molecule has 4 rings (SSSR count). The zero-order valence-electron chi connectivity index (χ0n) is 16.7. The Balaban J connectivity index is 1.48. The summed E-state index contributed by atoms with van der Waals surface area (Å²) in [4.78, 5) is 14.4. The lowest BCUT2D eigenvalue weighted by Gasteiger charge is -2.40. The van der Waals surface area contributed by atoms with Crippen LogP contribution >= 0.6 is 15.9 Å². The molecule has 0 radical (unpaired) electrons. The Hall–Kier alpha value is -2.08. The summed E-state index contributed by atoms with van der Waals surface area (Å²) in [6.07, 6.45) is 0.906. The molecule has 2 aromatic rings. The Bertz CT molecular complexity index is 990. The fraction of sp³-hybridized carbons (Fsp3) is 0.375. The number of halogens is 4. The van der Waals surface area contributed by atoms with E-state index in [0.717, 1.165) is 29.8 Å². The lowest BCUT2D eigenvalue weighted by Crippen LogP contribution is -2.44. The van der Waals surface area contributed by atoms with E-state index >= 15 is 0 Å². The summed E-state index contributed by atoms with van der Waals surface area (Å²) in [6, 6.07) is 11.7. The minimum Gasteiger partial charge on any atom is -0.339 e. The van der Waals surface area contributed by atoms with Crippen LogP contribution < -0.4 is 0 Å². The number of fused-ring (bicyclic) bond motifs is 2. The van der Waals surface area contributed by atoms with Gasteiger partial charge in [-0.3, -0.25) is 4.79 Å². The highest BCUT2D eigenvalue weighted by Gasteiger charge is 2.45. The van der Waals surface area contributed by atoms with Crippen LogP contribution in [-0.4, -0.2) is 23.9 Å². The first kappa shape index (κ1) is 21.2. The van der Waals surface area contributed by atoms with Crippen LogP contribution in [0.2, 0.25) is 0 Å². The highest BCUT2D eigenvalue weighted by molar-refractivity contribution is 9.10. The quantitative estimate of drug-likeness (QED) is 0.449. The molecule has 1 fully saturated rings. The largest absolute Gasteiger partial charge is 0.416 e. The highest BCUT2D eigenvalue weighted by Crippen LogP contribution is 2.53. The van der Waals surface area contributed by atoms with Gasteiger partial charge in [-0.2, -0.15) is 13.2 Å². The molecule has 1 aliphatic heterocycles. The molecule has 1 unspecified atom stereocenters. The first-order chi connectivity index (χ1) is 14.2. The van der Waals surface area contributed by atoms with E-state index in [0.29, 0.717) is 19.0 Å². The van der Waals surface area contributed by atoms with Gasteiger partial charge in [0.15, 0.2) is 0 Å². The van der Waals surface area contributed by atoms with Gasteiger partial charge >= 0.3 is 6.18 Å². The Kier molecular flexibility index (Phi) is 5.56. The van der Waals surface area contributed by atoms with E-state index in [4.69, 9.17) is 0 Å². The number of piperidine rings is 1. The number of carbonyl (C=O) groups is 1. The second-order valence-corrected chi connectivity index (χ2v) is 9.19. The van der Waals surface area contributed by atoms with Crippen LogP contribution in [0, 0.1) is 0 Å². The number of carbonyl (C=O) groups excluding carboxylic acids is 1. The standard InChI is InChI=1S/C24H23BrF3NO/c1-16-15-23(22-18(16)6-4-8-20(22)25)11-13-29(14-12-23)21(30)10-9-17-5-2-3-7-19(17)24(26,27)28/h2-10,16H,11-15H2,1H3/b10-9+. The minimum atomic E-state index is -4.44. The molecule has 1 amide bonds. The van der Waals surface area contributed by atoms with Gasteiger partial charge in [0.25, 0.3) is 0 Å². The van der Waals surface area contributed by atoms with Gasteiger partial charge in [-0.05, 0) is 60.1 Å². The summed E-state index contributed by atoms with van der Waals surface area (Å²) < 4.78 is 40.6. The van der Waals surface area contributed by atoms with Crippen molar-refractivity contribution in [3.63, 3.8) is 0 Å². The van der Waals surface area contributed by atoms with Gasteiger partial charge in [0.1, 0.15) is 0 Å². The van der Waals surface area contributed by atoms with Crippen molar-refractivity contribution in [1.29, 1.82) is 0 Å². The molecule has 6 heteroatoms. The van der Waals surface area contributed by atoms with Crippen molar-refractivity contribution in [3.05, 3.63) is 75.3 Å². The topological polar surface area (TPSA) is 20.3 Å². The zero-order chi connectivity index (χ0) is 21.5. The van der Waals surface area contributed by atoms with E-state index in [9.17, 15) is 18.0 Å². The molecular formula is C24H23BrF3NO. The van der Waals surface area contributed by atoms with E-state index in [1.165, 1.54) is 35.4 Å². The van der Waals surface area contributed by atoms with Gasteiger partial charge in [0.2, 0.25) is 5.91 Å². The van der Waals surface area contributed by atoms with Crippen LogP contribution in [-0.2, 0) is 16.4 Å². The summed E-state index contributed by atoms with van der Waals surface area (Å²) in [6.45, 7) is 3.47. The number of benzene rings is 2. The average molecular weight is 478 g/mol. The summed E-state index contributed by atoms with van der Waals surface area (Å²) in [5, 5.41) is 0. The number of likely N-dealkylation sites (tertiary alicyclic amines) is 1. The fourth-order valence-corrected chi connectivity index (χ4v) is 5.89. The number of amides is 1. The molecule has 1 aliphatic carbocycles. The second-order valence-electron chi connectivity index (χ2n) is 8.33. The molecule has 158 valence electrons. The molecule has 0 bridgehead atoms. The lowest BCUT2D eigenvalue weighted by molar-refractivity contribution is -0.137. The van der Waals surface area contributed by atoms with Gasteiger partial charge in [0.05, 0.1) is 5.56 Å². The van der Waals surface area contributed by atoms with Crippen LogP contribution in [0.15, 0.2) is 53.0 Å². The summed E-state index contributed by atoms with van der Waals surface area (Å²) in [7, 11) is 0. The summed E-state index contributed by atoms with van der Waals surface area (Å²) in [5.41, 5.74) is 2.10. The minimum absolute atomic E-state index is 0.00862. The maximum Gasteiger partial charge on any atom is 0.416 e. The van der Waals surface area contributed by atoms with Crippen molar-refractivity contribution in [1.82, 2.24) is 4.90 Å². The third kappa shape index (κ3) is 3.82. The maximum atomic E-state index is 13.1. The predicted molar refractivity (Wildman–Crippen MR) is 115 cm³/mol. The molecule has 0 aromatic heterocycles. The van der Waals surface area contributed by atoms with E-state index in [-0.39, 0.29) is 16.9 Å². The van der Waals surface area contributed by atoms with Crippen molar-refractivity contribution < 1.29 is 18.0 Å². The van der Waals surface area contributed by atoms with Crippen LogP contribution in [0.25, 0.3) is 6.08 Å². The van der Waals surface area contributed by atoms with Crippen LogP contribution in [0.5, 0.6) is 0 Å². The van der Waals surface area contributed by atoms with Crippen molar-refractivity contribution in [3.8, 4) is 0 Å². The van der Waals surface area contributed by atoms with Gasteiger partial charge in [0, 0.05) is 29.1 Å². The van der Waals surface area contributed by atoms with Gasteiger partial charge in [-0.25, -0.2) is 0 Å². The molecule has 1 spiro atoms. The summed E-state index contributed by atoms with van der Waals surface area (Å²) >= 11 is 3.72. The van der Waals surface area contributed by atoms with Crippen molar-refractivity contribution in [2.45, 2.75) is 43.7 Å². The second kappa shape index (κ2) is 7.88. The lowest BCUT2D eigenvalue weighted by atomic mass is 9.73. The molecule has 2 nitrogen and oxygen atoms in total. The van der Waals surface area contributed by atoms with Gasteiger partial charge in [-0.15, -0.1) is 0 Å². The molecule has 1 saturated heterocycles. The zero-order valence-corrected chi connectivity index (χ0v) is 18.3. The van der Waals surface area contributed by atoms with Crippen LogP contribution in [0.4, 0.5) is 13.2 Å². The third-order valence-corrected chi connectivity index (χ3v) is 7.17. The smallest absolute Gasteiger partial charge is 0.339 e. The van der Waals surface area contributed by atoms with Crippen molar-refractivity contribution in [2.75, 3.05) is 13.1 Å². The van der Waals surface area contributed by atoms with Crippen LogP contribution in [0.3, 0.4) is 0 Å². The maximum absolute atomic E-state index is 13.1. The van der Waals surface area contributed by atoms with Gasteiger partial charge < -0.3 is 4.90 Å². The first-order valence-electron chi connectivity index (χ1n) is 10.1. The van der Waals surface area contributed by atoms with Crippen LogP contribution in [0.1, 0.15) is 54.4 Å². The van der Waals surface area contributed by atoms with Crippen molar-refractivity contribution >= 4 is 27.9 Å². The monoisotopic (exact) mass is 477 g/mol. The molecule has 30 heavy (non-hydrogen) atoms. The SMILES string of the molecule is CC1CC2(CCN(C(=O)/C=C/c3ccccc3C(F)(F)F)CC2)c2c(Br)cccc21. The van der Waals surface area contributed by atoms with E-state index in [1.807, 2.05) is 0 Å². The van der Waals surface area contributed by atoms with E-state index in [1.54, 1.807) is 11.0 Å². The molecule has 0 N–H and O–H groups in total. The van der Waals surface area contributed by atoms with E-state index in [2.05, 4.69) is 41.1 Å². The Morgan fingerprint density at radius 2 is 1.83 bits per heavy atom. The van der Waals surface area contributed by atoms with E-state index < -0.39 is 11.7 Å². The number of alkyl halides is 3. The average Bonchev–Trinajstić information content (AvgIpc) is 2.99. The fourth-order valence-electron chi connectivity index (χ4n) is 5.09. The Morgan fingerprint density at radius 3 is 2.53 bits per heavy atom. The Morgan fingerprint density at radius 1 is 1.13 bits per heavy atom. The molecule has 2 aromatic carbocycles. The normalized spacial score (nSPS) is 20.7. The first-order valence-corrected chi connectivity index (χ1v) is 10.9. The highest BCUT2D eigenvalue weighted by atomic mass is 79.9. The van der Waals surface area contributed by atoms with Gasteiger partial charge in [-0.1, -0.05) is 53.2 Å². The molecule has 2 aliphatic rings. The number of nitrogens with zero attached hydrogens (tertiary/aromatic N) is 1. The number of hydrogen-bond acceptors (Lipinski definition) is 1. The molecule has 0 saturated carbocycles. The molecule has 1 atom stereocenters. The molecular weight excluding hydrogens is 455 g/mol. The third-order valence-electron chi connectivity index (χ3n) is 6.51. The number of rotatable bonds is 2. The Labute approximate surface area is 182 Å².